The third-order valence-corrected chi connectivity index (χ3v) is 6.18. The van der Waals surface area contributed by atoms with Crippen LogP contribution < -0.4 is 0 Å². The van der Waals surface area contributed by atoms with Crippen molar-refractivity contribution in [1.82, 2.24) is 0 Å². The van der Waals surface area contributed by atoms with Crippen molar-refractivity contribution in [3.05, 3.63) is 0 Å². The van der Waals surface area contributed by atoms with Crippen molar-refractivity contribution < 1.29 is 14.9 Å². The molecule has 2 saturated heterocycles. The van der Waals surface area contributed by atoms with Crippen molar-refractivity contribution in [2.45, 2.75) is 87.6 Å². The van der Waals surface area contributed by atoms with E-state index in [4.69, 9.17) is 4.74 Å². The molecule has 0 aliphatic carbocycles. The van der Waals surface area contributed by atoms with Crippen molar-refractivity contribution >= 4 is 11.8 Å². The maximum atomic E-state index is 10.0. The molecular formula is C16H30O3S. The maximum absolute atomic E-state index is 10.0. The molecule has 2 rings (SSSR count). The fourth-order valence-corrected chi connectivity index (χ4v) is 5.53. The van der Waals surface area contributed by atoms with E-state index >= 15 is 0 Å². The fraction of sp³-hybridized carbons (Fsp3) is 1.00. The van der Waals surface area contributed by atoms with Crippen molar-refractivity contribution in [3.63, 3.8) is 0 Å². The van der Waals surface area contributed by atoms with Crippen LogP contribution in [0.3, 0.4) is 0 Å². The minimum Gasteiger partial charge on any atom is -0.393 e. The molecule has 0 radical (unpaired) electrons. The van der Waals surface area contributed by atoms with Crippen LogP contribution in [0, 0.1) is 5.92 Å². The van der Waals surface area contributed by atoms with Gasteiger partial charge in [-0.2, -0.15) is 11.8 Å². The predicted octanol–water partition coefficient (Wildman–Crippen LogP) is 2.98. The number of rotatable bonds is 8. The number of hydrogen-bond acceptors (Lipinski definition) is 4. The van der Waals surface area contributed by atoms with Crippen LogP contribution in [0.2, 0.25) is 0 Å². The molecule has 20 heavy (non-hydrogen) atoms. The van der Waals surface area contributed by atoms with Crippen molar-refractivity contribution in [3.8, 4) is 0 Å². The van der Waals surface area contributed by atoms with Gasteiger partial charge in [0.1, 0.15) is 0 Å². The zero-order chi connectivity index (χ0) is 14.8. The van der Waals surface area contributed by atoms with Crippen LogP contribution in [0.1, 0.15) is 59.3 Å². The summed E-state index contributed by atoms with van der Waals surface area (Å²) >= 11 is 2.06. The first kappa shape index (κ1) is 16.6. The average Bonchev–Trinajstić information content (AvgIpc) is 2.86. The van der Waals surface area contributed by atoms with E-state index in [1.54, 1.807) is 0 Å². The van der Waals surface area contributed by atoms with Crippen LogP contribution >= 0.6 is 11.8 Å². The van der Waals surface area contributed by atoms with Crippen LogP contribution in [-0.4, -0.2) is 45.1 Å². The number of fused-ring (bicyclic) bond motifs is 2. The summed E-state index contributed by atoms with van der Waals surface area (Å²) in [6, 6.07) is 0. The Bertz CT molecular complexity index is 303. The Hall–Kier alpha value is 0.230. The van der Waals surface area contributed by atoms with E-state index in [9.17, 15) is 10.2 Å². The third-order valence-electron chi connectivity index (χ3n) is 4.41. The van der Waals surface area contributed by atoms with Gasteiger partial charge in [-0.15, -0.1) is 0 Å². The van der Waals surface area contributed by atoms with Crippen LogP contribution in [0.4, 0.5) is 0 Å². The van der Waals surface area contributed by atoms with Crippen LogP contribution in [0.5, 0.6) is 0 Å². The third kappa shape index (κ3) is 4.62. The molecule has 2 heterocycles. The Morgan fingerprint density at radius 3 is 2.65 bits per heavy atom. The van der Waals surface area contributed by atoms with Crippen LogP contribution in [0.15, 0.2) is 0 Å². The number of aliphatic hydroxyl groups excluding tert-OH is 1. The largest absolute Gasteiger partial charge is 0.393 e. The summed E-state index contributed by atoms with van der Waals surface area (Å²) in [6.07, 6.45) is 6.04. The molecule has 2 N–H and O–H groups in total. The highest BCUT2D eigenvalue weighted by Crippen LogP contribution is 2.52. The molecule has 0 spiro atoms. The van der Waals surface area contributed by atoms with Gasteiger partial charge in [-0.25, -0.2) is 0 Å². The van der Waals surface area contributed by atoms with Crippen molar-refractivity contribution in [2.75, 3.05) is 6.61 Å². The van der Waals surface area contributed by atoms with E-state index in [1.165, 1.54) is 6.42 Å². The number of thioether (sulfide) groups is 1. The molecule has 5 unspecified atom stereocenters. The van der Waals surface area contributed by atoms with E-state index in [-0.39, 0.29) is 6.10 Å². The zero-order valence-electron chi connectivity index (χ0n) is 13.0. The van der Waals surface area contributed by atoms with E-state index in [2.05, 4.69) is 18.7 Å². The first-order valence-electron chi connectivity index (χ1n) is 8.06. The summed E-state index contributed by atoms with van der Waals surface area (Å²) < 4.78 is 6.04. The summed E-state index contributed by atoms with van der Waals surface area (Å²) in [5.74, 6) is 0.587. The summed E-state index contributed by atoms with van der Waals surface area (Å²) in [5.41, 5.74) is -0.572. The van der Waals surface area contributed by atoms with Gasteiger partial charge in [0.15, 0.2) is 0 Å². The minimum absolute atomic E-state index is 0.210. The minimum atomic E-state index is -0.572. The lowest BCUT2D eigenvalue weighted by molar-refractivity contribution is -0.00621. The normalized spacial score (nSPS) is 34.6. The van der Waals surface area contributed by atoms with E-state index in [1.807, 2.05) is 13.8 Å². The van der Waals surface area contributed by atoms with Crippen LogP contribution in [0.25, 0.3) is 0 Å². The van der Waals surface area contributed by atoms with Gasteiger partial charge in [0.25, 0.3) is 0 Å². The molecule has 2 aliphatic rings. The zero-order valence-corrected chi connectivity index (χ0v) is 13.9. The Kier molecular flexibility index (Phi) is 5.80. The molecule has 3 nitrogen and oxygen atoms in total. The van der Waals surface area contributed by atoms with Gasteiger partial charge >= 0.3 is 0 Å². The van der Waals surface area contributed by atoms with Gasteiger partial charge in [-0.3, -0.25) is 0 Å². The Morgan fingerprint density at radius 1 is 1.30 bits per heavy atom. The van der Waals surface area contributed by atoms with Crippen molar-refractivity contribution in [2.24, 2.45) is 5.92 Å². The second-order valence-electron chi connectivity index (χ2n) is 7.11. The standard InChI is InChI=1S/C16H30O3S/c1-4-5-12(17)6-7-19-14-9-13-8-11(15(14)20-13)10-16(2,3)18/h11-15,17-18H,4-10H2,1-3H3. The molecule has 5 atom stereocenters. The fourth-order valence-electron chi connectivity index (χ4n) is 3.63. The second-order valence-corrected chi connectivity index (χ2v) is 8.59. The smallest absolute Gasteiger partial charge is 0.0707 e. The summed E-state index contributed by atoms with van der Waals surface area (Å²) in [6.45, 7) is 6.57. The summed E-state index contributed by atoms with van der Waals surface area (Å²) in [7, 11) is 0. The molecule has 4 heteroatoms. The molecule has 0 aromatic carbocycles. The van der Waals surface area contributed by atoms with Gasteiger partial charge in [-0.1, -0.05) is 13.3 Å². The SMILES string of the molecule is CCCC(O)CCOC1CC2CC(CC(C)(C)O)C1S2. The second kappa shape index (κ2) is 6.99. The molecule has 118 valence electrons. The first-order valence-corrected chi connectivity index (χ1v) is 9.01. The number of hydrogen-bond donors (Lipinski definition) is 2. The highest BCUT2D eigenvalue weighted by molar-refractivity contribution is 8.01. The first-order chi connectivity index (χ1) is 9.39. The van der Waals surface area contributed by atoms with Crippen molar-refractivity contribution in [1.29, 1.82) is 0 Å². The van der Waals surface area contributed by atoms with E-state index in [0.29, 0.717) is 23.9 Å². The topological polar surface area (TPSA) is 49.7 Å². The Morgan fingerprint density at radius 2 is 2.05 bits per heavy atom. The van der Waals surface area contributed by atoms with Gasteiger partial charge in [0.2, 0.25) is 0 Å². The highest BCUT2D eigenvalue weighted by atomic mass is 32.2. The molecule has 0 amide bonds. The number of ether oxygens (including phenoxy) is 1. The monoisotopic (exact) mass is 302 g/mol. The van der Waals surface area contributed by atoms with E-state index in [0.717, 1.165) is 37.4 Å². The Labute approximate surface area is 127 Å². The Balaban J connectivity index is 1.74. The van der Waals surface area contributed by atoms with Gasteiger partial charge in [0.05, 0.1) is 17.8 Å². The quantitative estimate of drug-likeness (QED) is 0.724. The molecule has 0 aromatic heterocycles. The lowest BCUT2D eigenvalue weighted by atomic mass is 9.81. The molecule has 2 aliphatic heterocycles. The van der Waals surface area contributed by atoms with E-state index < -0.39 is 5.60 Å². The van der Waals surface area contributed by atoms with Crippen LogP contribution in [-0.2, 0) is 4.74 Å². The molecule has 2 bridgehead atoms. The lowest BCUT2D eigenvalue weighted by Gasteiger charge is -2.32. The summed E-state index contributed by atoms with van der Waals surface area (Å²) in [5, 5.41) is 21.0. The van der Waals surface area contributed by atoms with Gasteiger partial charge in [-0.05, 0) is 51.9 Å². The average molecular weight is 302 g/mol. The lowest BCUT2D eigenvalue weighted by Crippen LogP contribution is -2.36. The van der Waals surface area contributed by atoms with Gasteiger partial charge < -0.3 is 14.9 Å². The number of aliphatic hydroxyl groups is 2. The highest BCUT2D eigenvalue weighted by Gasteiger charge is 2.48. The predicted molar refractivity (Wildman–Crippen MR) is 84.1 cm³/mol. The van der Waals surface area contributed by atoms with Gasteiger partial charge in [0, 0.05) is 17.1 Å². The molecular weight excluding hydrogens is 272 g/mol. The molecule has 0 aromatic rings. The molecule has 0 saturated carbocycles. The summed E-state index contributed by atoms with van der Waals surface area (Å²) in [4.78, 5) is 0. The molecule has 2 fully saturated rings. The maximum Gasteiger partial charge on any atom is 0.0707 e.